The highest BCUT2D eigenvalue weighted by Gasteiger charge is 2.34. The molecule has 0 aromatic carbocycles. The maximum absolute atomic E-state index is 13.3. The van der Waals surface area contributed by atoms with Crippen molar-refractivity contribution in [3.8, 4) is 0 Å². The molecule has 1 aromatic rings. The summed E-state index contributed by atoms with van der Waals surface area (Å²) in [6.45, 7) is 12.5. The van der Waals surface area contributed by atoms with Gasteiger partial charge in [0, 0.05) is 25.4 Å². The number of Topliss-reactive ketones (excluding diaryl/α,β-unsaturated/α-hetero) is 1. The van der Waals surface area contributed by atoms with Crippen LogP contribution in [0.15, 0.2) is 16.9 Å². The number of aromatic nitrogens is 1. The zero-order chi connectivity index (χ0) is 23.0. The number of amides is 2. The summed E-state index contributed by atoms with van der Waals surface area (Å²) in [4.78, 5) is 44.4. The second-order valence-corrected chi connectivity index (χ2v) is 9.53. The molecule has 2 atom stereocenters. The average Bonchev–Trinajstić information content (AvgIpc) is 3.25. The van der Waals surface area contributed by atoms with Crippen molar-refractivity contribution in [2.75, 3.05) is 26.3 Å². The Morgan fingerprint density at radius 1 is 1.19 bits per heavy atom. The lowest BCUT2D eigenvalue weighted by atomic mass is 9.75. The van der Waals surface area contributed by atoms with Crippen LogP contribution in [0.4, 0.5) is 0 Å². The monoisotopic (exact) mass is 435 g/mol. The third kappa shape index (κ3) is 7.76. The third-order valence-electron chi connectivity index (χ3n) is 5.60. The normalized spacial score (nSPS) is 16.8. The Kier molecular flexibility index (Phi) is 9.22. The number of ether oxygens (including phenoxy) is 1. The van der Waals surface area contributed by atoms with Gasteiger partial charge < -0.3 is 19.4 Å². The number of carbonyl (C=O) groups excluding carboxylic acids is 3. The molecule has 2 rings (SSSR count). The van der Waals surface area contributed by atoms with E-state index in [1.807, 2.05) is 6.92 Å². The van der Waals surface area contributed by atoms with Crippen LogP contribution in [0, 0.1) is 17.3 Å². The molecule has 8 heteroatoms. The van der Waals surface area contributed by atoms with Gasteiger partial charge in [-0.05, 0) is 30.6 Å². The molecule has 1 aromatic heterocycles. The van der Waals surface area contributed by atoms with Crippen LogP contribution in [0.25, 0.3) is 0 Å². The molecule has 1 N–H and O–H groups in total. The zero-order valence-electron chi connectivity index (χ0n) is 19.5. The molecular formula is C23H37N3O5. The quantitative estimate of drug-likeness (QED) is 0.536. The van der Waals surface area contributed by atoms with E-state index < -0.39 is 12.0 Å². The average molecular weight is 436 g/mol. The van der Waals surface area contributed by atoms with E-state index in [1.54, 1.807) is 4.90 Å². The van der Waals surface area contributed by atoms with Gasteiger partial charge in [-0.2, -0.15) is 0 Å². The summed E-state index contributed by atoms with van der Waals surface area (Å²) in [5, 5.41) is 2.86. The van der Waals surface area contributed by atoms with Crippen molar-refractivity contribution >= 4 is 17.6 Å². The van der Waals surface area contributed by atoms with E-state index in [4.69, 9.17) is 9.15 Å². The smallest absolute Gasteiger partial charge is 0.265 e. The topological polar surface area (TPSA) is 102 Å². The van der Waals surface area contributed by atoms with Gasteiger partial charge in [-0.1, -0.05) is 34.6 Å². The van der Waals surface area contributed by atoms with Gasteiger partial charge in [-0.25, -0.2) is 4.98 Å². The molecule has 0 unspecified atom stereocenters. The molecule has 1 aliphatic rings. The lowest BCUT2D eigenvalue weighted by molar-refractivity contribution is -0.140. The van der Waals surface area contributed by atoms with Gasteiger partial charge in [0.15, 0.2) is 0 Å². The van der Waals surface area contributed by atoms with Gasteiger partial charge >= 0.3 is 0 Å². The van der Waals surface area contributed by atoms with E-state index >= 15 is 0 Å². The Morgan fingerprint density at radius 2 is 1.87 bits per heavy atom. The van der Waals surface area contributed by atoms with Crippen molar-refractivity contribution in [3.63, 3.8) is 0 Å². The molecule has 2 amide bonds. The van der Waals surface area contributed by atoms with Crippen molar-refractivity contribution < 1.29 is 23.5 Å². The second-order valence-electron chi connectivity index (χ2n) is 9.53. The molecule has 1 fully saturated rings. The van der Waals surface area contributed by atoms with Crippen molar-refractivity contribution in [1.29, 1.82) is 0 Å². The molecule has 8 nitrogen and oxygen atoms in total. The summed E-state index contributed by atoms with van der Waals surface area (Å²) >= 11 is 0. The van der Waals surface area contributed by atoms with E-state index in [1.165, 1.54) is 12.5 Å². The first-order valence-corrected chi connectivity index (χ1v) is 11.2. The first-order chi connectivity index (χ1) is 14.6. The molecule has 0 aliphatic carbocycles. The summed E-state index contributed by atoms with van der Waals surface area (Å²) in [7, 11) is 0. The number of morpholine rings is 1. The van der Waals surface area contributed by atoms with Crippen LogP contribution in [0.5, 0.6) is 0 Å². The van der Waals surface area contributed by atoms with Crippen LogP contribution >= 0.6 is 0 Å². The van der Waals surface area contributed by atoms with E-state index in [2.05, 4.69) is 38.0 Å². The summed E-state index contributed by atoms with van der Waals surface area (Å²) in [6, 6.07) is -0.736. The minimum absolute atomic E-state index is 0.0202. The first-order valence-electron chi connectivity index (χ1n) is 11.2. The van der Waals surface area contributed by atoms with Crippen LogP contribution in [-0.2, 0) is 14.3 Å². The molecular weight excluding hydrogens is 398 g/mol. The van der Waals surface area contributed by atoms with Gasteiger partial charge in [-0.15, -0.1) is 0 Å². The van der Waals surface area contributed by atoms with E-state index in [9.17, 15) is 14.4 Å². The number of hydrogen-bond acceptors (Lipinski definition) is 6. The van der Waals surface area contributed by atoms with Gasteiger partial charge in [0.2, 0.25) is 17.6 Å². The molecule has 0 radical (unpaired) electrons. The lowest BCUT2D eigenvalue weighted by Crippen LogP contribution is -2.47. The van der Waals surface area contributed by atoms with Gasteiger partial charge in [-0.3, -0.25) is 14.4 Å². The predicted octanol–water partition coefficient (Wildman–Crippen LogP) is 3.08. The Morgan fingerprint density at radius 3 is 2.42 bits per heavy atom. The largest absolute Gasteiger partial charge is 0.442 e. The van der Waals surface area contributed by atoms with E-state index in [-0.39, 0.29) is 35.3 Å². The standard InChI is InChI=1S/C23H37N3O5/c1-6-18(20(28)22-24-7-10-31-22)25-21(29)17(15-23(4,5)14-16(2)3)13-19(27)26-8-11-30-12-9-26/h7,10,16-18H,6,8-9,11-15H2,1-5H3,(H,25,29)/t17-,18-/m1/s1. The minimum atomic E-state index is -0.736. The summed E-state index contributed by atoms with van der Waals surface area (Å²) in [5.74, 6) is -0.742. The Bertz CT molecular complexity index is 724. The number of nitrogens with one attached hydrogen (secondary N) is 1. The summed E-state index contributed by atoms with van der Waals surface area (Å²) in [5.41, 5.74) is -0.115. The molecule has 0 bridgehead atoms. The fourth-order valence-electron chi connectivity index (χ4n) is 4.40. The zero-order valence-corrected chi connectivity index (χ0v) is 19.5. The van der Waals surface area contributed by atoms with Crippen molar-refractivity contribution in [1.82, 2.24) is 15.2 Å². The maximum Gasteiger partial charge on any atom is 0.265 e. The fraction of sp³-hybridized carbons (Fsp3) is 0.739. The van der Waals surface area contributed by atoms with Gasteiger partial charge in [0.1, 0.15) is 6.26 Å². The lowest BCUT2D eigenvalue weighted by Gasteiger charge is -2.33. The Hall–Kier alpha value is -2.22. The van der Waals surface area contributed by atoms with E-state index in [0.29, 0.717) is 45.1 Å². The number of carbonyl (C=O) groups is 3. The van der Waals surface area contributed by atoms with Gasteiger partial charge in [0.05, 0.1) is 25.5 Å². The highest BCUT2D eigenvalue weighted by atomic mass is 16.5. The van der Waals surface area contributed by atoms with Crippen LogP contribution in [-0.4, -0.2) is 59.8 Å². The number of rotatable bonds is 11. The highest BCUT2D eigenvalue weighted by molar-refractivity contribution is 5.99. The molecule has 0 saturated carbocycles. The molecule has 0 spiro atoms. The summed E-state index contributed by atoms with van der Waals surface area (Å²) < 4.78 is 10.4. The molecule has 174 valence electrons. The van der Waals surface area contributed by atoms with Crippen LogP contribution in [0.2, 0.25) is 0 Å². The Balaban J connectivity index is 2.13. The number of hydrogen-bond donors (Lipinski definition) is 1. The highest BCUT2D eigenvalue weighted by Crippen LogP contribution is 2.34. The molecule has 31 heavy (non-hydrogen) atoms. The number of oxazole rings is 1. The van der Waals surface area contributed by atoms with Crippen LogP contribution in [0.1, 0.15) is 71.0 Å². The summed E-state index contributed by atoms with van der Waals surface area (Å²) in [6.07, 6.45) is 4.77. The first kappa shape index (κ1) is 25.0. The van der Waals surface area contributed by atoms with Gasteiger partial charge in [0.25, 0.3) is 5.89 Å². The van der Waals surface area contributed by atoms with E-state index in [0.717, 1.165) is 6.42 Å². The van der Waals surface area contributed by atoms with Crippen molar-refractivity contribution in [2.24, 2.45) is 17.3 Å². The fourth-order valence-corrected chi connectivity index (χ4v) is 4.40. The second kappa shape index (κ2) is 11.4. The molecule has 1 aliphatic heterocycles. The number of ketones is 1. The van der Waals surface area contributed by atoms with Crippen molar-refractivity contribution in [2.45, 2.75) is 66.3 Å². The SMILES string of the molecule is CC[C@@H](NC(=O)[C@H](CC(=O)N1CCOCC1)CC(C)(C)CC(C)C)C(=O)c1ncco1. The van der Waals surface area contributed by atoms with Crippen LogP contribution in [0.3, 0.4) is 0 Å². The van der Waals surface area contributed by atoms with Crippen molar-refractivity contribution in [3.05, 3.63) is 18.4 Å². The van der Waals surface area contributed by atoms with Crippen LogP contribution < -0.4 is 5.32 Å². The molecule has 1 saturated heterocycles. The third-order valence-corrected chi connectivity index (χ3v) is 5.60. The number of nitrogens with zero attached hydrogens (tertiary/aromatic N) is 2. The maximum atomic E-state index is 13.3. The predicted molar refractivity (Wildman–Crippen MR) is 116 cm³/mol. The molecule has 2 heterocycles. The minimum Gasteiger partial charge on any atom is -0.442 e. The Labute approximate surface area is 185 Å².